The van der Waals surface area contributed by atoms with E-state index in [0.29, 0.717) is 18.4 Å². The number of hydrogen-bond donors (Lipinski definition) is 1. The zero-order valence-electron chi connectivity index (χ0n) is 13.3. The zero-order valence-corrected chi connectivity index (χ0v) is 14.1. The Morgan fingerprint density at radius 1 is 1.26 bits per heavy atom. The lowest BCUT2D eigenvalue weighted by Crippen LogP contribution is -2.32. The molecule has 0 amide bonds. The molecule has 1 fully saturated rings. The number of rotatable bonds is 5. The number of methoxy groups -OCH3 is 1. The molecule has 2 aromatic rings. The summed E-state index contributed by atoms with van der Waals surface area (Å²) in [7, 11) is 1.70. The maximum absolute atomic E-state index is 5.48. The Kier molecular flexibility index (Phi) is 6.38. The van der Waals surface area contributed by atoms with Gasteiger partial charge in [0.1, 0.15) is 5.75 Å². The van der Waals surface area contributed by atoms with Crippen molar-refractivity contribution in [2.45, 2.75) is 31.8 Å². The first-order valence-electron chi connectivity index (χ1n) is 7.66. The molecule has 2 heterocycles. The Balaban J connectivity index is 0.00000192. The first kappa shape index (κ1) is 17.7. The average Bonchev–Trinajstić information content (AvgIpc) is 3.03. The number of halogens is 1. The van der Waals surface area contributed by atoms with Crippen molar-refractivity contribution in [3.8, 4) is 5.75 Å². The monoisotopic (exact) mass is 338 g/mol. The lowest BCUT2D eigenvalue weighted by molar-refractivity contribution is 0.198. The fourth-order valence-corrected chi connectivity index (χ4v) is 2.94. The minimum absolute atomic E-state index is 0. The van der Waals surface area contributed by atoms with Crippen molar-refractivity contribution < 1.29 is 9.26 Å². The molecule has 2 N–H and O–H groups in total. The molecule has 1 aromatic carbocycles. The molecule has 1 saturated heterocycles. The number of hydrogen-bond acceptors (Lipinski definition) is 6. The normalized spacial score (nSPS) is 16.1. The lowest BCUT2D eigenvalue weighted by atomic mass is 9.89. The quantitative estimate of drug-likeness (QED) is 0.901. The average molecular weight is 339 g/mol. The highest BCUT2D eigenvalue weighted by Gasteiger charge is 2.21. The number of piperidine rings is 1. The molecule has 0 saturated carbocycles. The van der Waals surface area contributed by atoms with Gasteiger partial charge in [0.25, 0.3) is 0 Å². The Morgan fingerprint density at radius 3 is 2.52 bits per heavy atom. The van der Waals surface area contributed by atoms with Crippen molar-refractivity contribution in [2.75, 3.05) is 20.2 Å². The summed E-state index contributed by atoms with van der Waals surface area (Å²) in [6.45, 7) is 3.12. The van der Waals surface area contributed by atoms with Crippen molar-refractivity contribution in [3.63, 3.8) is 0 Å². The smallest absolute Gasteiger partial charge is 0.240 e. The highest BCUT2D eigenvalue weighted by atomic mass is 35.5. The molecule has 6 nitrogen and oxygen atoms in total. The number of ether oxygens (including phenoxy) is 1. The minimum Gasteiger partial charge on any atom is -0.497 e. The van der Waals surface area contributed by atoms with Crippen LogP contribution in [0.5, 0.6) is 5.75 Å². The van der Waals surface area contributed by atoms with E-state index in [1.165, 1.54) is 5.56 Å². The second-order valence-electron chi connectivity index (χ2n) is 5.63. The Morgan fingerprint density at radius 2 is 1.96 bits per heavy atom. The van der Waals surface area contributed by atoms with Crippen molar-refractivity contribution >= 4 is 12.4 Å². The van der Waals surface area contributed by atoms with Crippen LogP contribution in [0.4, 0.5) is 0 Å². The van der Waals surface area contributed by atoms with E-state index in [9.17, 15) is 0 Å². The van der Waals surface area contributed by atoms with Crippen molar-refractivity contribution in [2.24, 2.45) is 5.73 Å². The van der Waals surface area contributed by atoms with Gasteiger partial charge in [-0.2, -0.15) is 4.98 Å². The van der Waals surface area contributed by atoms with Gasteiger partial charge in [-0.05, 0) is 49.5 Å². The van der Waals surface area contributed by atoms with Gasteiger partial charge in [-0.15, -0.1) is 12.4 Å². The Hall–Kier alpha value is -1.63. The van der Waals surface area contributed by atoms with Gasteiger partial charge >= 0.3 is 0 Å². The highest BCUT2D eigenvalue weighted by molar-refractivity contribution is 5.85. The molecular weight excluding hydrogens is 316 g/mol. The van der Waals surface area contributed by atoms with E-state index in [0.717, 1.165) is 44.0 Å². The maximum Gasteiger partial charge on any atom is 0.240 e. The number of nitrogens with zero attached hydrogens (tertiary/aromatic N) is 3. The highest BCUT2D eigenvalue weighted by Crippen LogP contribution is 2.29. The summed E-state index contributed by atoms with van der Waals surface area (Å²) in [5.41, 5.74) is 6.87. The summed E-state index contributed by atoms with van der Waals surface area (Å²) >= 11 is 0. The van der Waals surface area contributed by atoms with Gasteiger partial charge in [0, 0.05) is 0 Å². The van der Waals surface area contributed by atoms with E-state index in [4.69, 9.17) is 15.0 Å². The molecule has 0 aliphatic carbocycles. The van der Waals surface area contributed by atoms with Crippen molar-refractivity contribution in [1.82, 2.24) is 15.0 Å². The summed E-state index contributed by atoms with van der Waals surface area (Å²) in [6.07, 6.45) is 2.29. The summed E-state index contributed by atoms with van der Waals surface area (Å²) < 4.78 is 10.3. The van der Waals surface area contributed by atoms with Crippen LogP contribution in [0.2, 0.25) is 0 Å². The Bertz CT molecular complexity index is 594. The first-order chi connectivity index (χ1) is 10.8. The van der Waals surface area contributed by atoms with Gasteiger partial charge in [-0.1, -0.05) is 17.3 Å². The van der Waals surface area contributed by atoms with E-state index in [1.807, 2.05) is 12.1 Å². The van der Waals surface area contributed by atoms with Crippen LogP contribution >= 0.6 is 12.4 Å². The lowest BCUT2D eigenvalue weighted by Gasteiger charge is -2.31. The summed E-state index contributed by atoms with van der Waals surface area (Å²) in [6, 6.07) is 8.42. The fourth-order valence-electron chi connectivity index (χ4n) is 2.94. The van der Waals surface area contributed by atoms with Crippen LogP contribution in [0.3, 0.4) is 0 Å². The number of nitrogens with two attached hydrogens (primary N) is 1. The summed E-state index contributed by atoms with van der Waals surface area (Å²) in [4.78, 5) is 6.63. The maximum atomic E-state index is 5.48. The molecule has 126 valence electrons. The number of benzene rings is 1. The van der Waals surface area contributed by atoms with Gasteiger partial charge in [-0.3, -0.25) is 4.90 Å². The van der Waals surface area contributed by atoms with Crippen LogP contribution in [0.15, 0.2) is 28.8 Å². The molecule has 1 aromatic heterocycles. The van der Waals surface area contributed by atoms with Crippen molar-refractivity contribution in [1.29, 1.82) is 0 Å². The fraction of sp³-hybridized carbons (Fsp3) is 0.500. The summed E-state index contributed by atoms with van der Waals surface area (Å²) in [5, 5.41) is 3.96. The van der Waals surface area contributed by atoms with Crippen molar-refractivity contribution in [3.05, 3.63) is 41.5 Å². The predicted molar refractivity (Wildman–Crippen MR) is 89.7 cm³/mol. The van der Waals surface area contributed by atoms with Crippen LogP contribution in [-0.2, 0) is 13.1 Å². The number of aromatic nitrogens is 2. The first-order valence-corrected chi connectivity index (χ1v) is 7.66. The van der Waals surface area contributed by atoms with E-state index < -0.39 is 0 Å². The van der Waals surface area contributed by atoms with E-state index in [2.05, 4.69) is 27.2 Å². The summed E-state index contributed by atoms with van der Waals surface area (Å²) in [5.74, 6) is 2.76. The third-order valence-corrected chi connectivity index (χ3v) is 4.22. The Labute approximate surface area is 142 Å². The van der Waals surface area contributed by atoms with Crippen LogP contribution in [-0.4, -0.2) is 35.2 Å². The van der Waals surface area contributed by atoms with Crippen LogP contribution < -0.4 is 10.5 Å². The second-order valence-corrected chi connectivity index (χ2v) is 5.63. The van der Waals surface area contributed by atoms with Crippen LogP contribution in [0.1, 0.15) is 36.0 Å². The molecule has 0 bridgehead atoms. The molecule has 0 radical (unpaired) electrons. The van der Waals surface area contributed by atoms with Gasteiger partial charge < -0.3 is 15.0 Å². The SMILES string of the molecule is COc1ccc(C2CCN(Cc3noc(CN)n3)CC2)cc1.Cl. The van der Waals surface area contributed by atoms with E-state index in [1.54, 1.807) is 7.11 Å². The molecule has 23 heavy (non-hydrogen) atoms. The topological polar surface area (TPSA) is 77.4 Å². The molecule has 7 heteroatoms. The third kappa shape index (κ3) is 4.43. The molecule has 0 spiro atoms. The zero-order chi connectivity index (χ0) is 15.4. The minimum atomic E-state index is 0. The molecule has 1 aliphatic rings. The standard InChI is InChI=1S/C16H22N4O2.ClH/c1-21-14-4-2-12(3-5-14)13-6-8-20(9-7-13)11-15-18-16(10-17)22-19-15;/h2-5,13H,6-11,17H2,1H3;1H. The van der Waals surface area contributed by atoms with Gasteiger partial charge in [-0.25, -0.2) is 0 Å². The molecular formula is C16H23ClN4O2. The van der Waals surface area contributed by atoms with Crippen LogP contribution in [0, 0.1) is 0 Å². The molecule has 3 rings (SSSR count). The molecule has 0 unspecified atom stereocenters. The van der Waals surface area contributed by atoms with Crippen LogP contribution in [0.25, 0.3) is 0 Å². The van der Waals surface area contributed by atoms with Gasteiger partial charge in [0.15, 0.2) is 5.82 Å². The third-order valence-electron chi connectivity index (χ3n) is 4.22. The van der Waals surface area contributed by atoms with E-state index >= 15 is 0 Å². The molecule has 0 atom stereocenters. The second kappa shape index (κ2) is 8.29. The number of likely N-dealkylation sites (tertiary alicyclic amines) is 1. The van der Waals surface area contributed by atoms with Gasteiger partial charge in [0.2, 0.25) is 5.89 Å². The van der Waals surface area contributed by atoms with E-state index in [-0.39, 0.29) is 12.4 Å². The molecule has 1 aliphatic heterocycles. The largest absolute Gasteiger partial charge is 0.497 e. The van der Waals surface area contributed by atoms with Gasteiger partial charge in [0.05, 0.1) is 20.2 Å². The predicted octanol–water partition coefficient (Wildman–Crippen LogP) is 2.34.